The Morgan fingerprint density at radius 1 is 1.09 bits per heavy atom. The van der Waals surface area contributed by atoms with E-state index in [1.807, 2.05) is 0 Å². The first-order valence-electron chi connectivity index (χ1n) is 8.72. The second kappa shape index (κ2) is 9.46. The summed E-state index contributed by atoms with van der Waals surface area (Å²) < 4.78 is 33.7. The molecule has 2 fully saturated rings. The fourth-order valence-electron chi connectivity index (χ4n) is 3.08. The molecule has 0 aromatic carbocycles. The second-order valence-electron chi connectivity index (χ2n) is 6.36. The van der Waals surface area contributed by atoms with Crippen LogP contribution in [0.4, 0.5) is 0 Å². The van der Waals surface area contributed by atoms with Crippen molar-refractivity contribution in [2.45, 2.75) is 62.9 Å². The van der Waals surface area contributed by atoms with Gasteiger partial charge in [-0.15, -0.1) is 0 Å². The minimum atomic E-state index is -2.53. The van der Waals surface area contributed by atoms with Crippen molar-refractivity contribution in [2.24, 2.45) is 0 Å². The first kappa shape index (κ1) is 19.3. The van der Waals surface area contributed by atoms with Gasteiger partial charge in [-0.25, -0.2) is 0 Å². The summed E-state index contributed by atoms with van der Waals surface area (Å²) in [6, 6.07) is 0.868. The standard InChI is InChI=1S/C16H32O6Si/c1-17-16(10-8-12-23(18-2,19-3)22-16)9-6-4-5-7-11-20-13-15-14-21-15/h15H,4-14H2,1-3H3. The minimum Gasteiger partial charge on any atom is -0.379 e. The van der Waals surface area contributed by atoms with Crippen molar-refractivity contribution in [1.29, 1.82) is 0 Å². The molecule has 0 aromatic rings. The summed E-state index contributed by atoms with van der Waals surface area (Å²) in [5.41, 5.74) is 0. The summed E-state index contributed by atoms with van der Waals surface area (Å²) in [5, 5.41) is 0. The van der Waals surface area contributed by atoms with E-state index >= 15 is 0 Å². The maximum atomic E-state index is 6.22. The maximum Gasteiger partial charge on any atom is 0.502 e. The normalized spacial score (nSPS) is 29.6. The number of methoxy groups -OCH3 is 1. The lowest BCUT2D eigenvalue weighted by atomic mass is 10.0. The zero-order valence-corrected chi connectivity index (χ0v) is 15.8. The Labute approximate surface area is 141 Å². The molecule has 2 saturated heterocycles. The van der Waals surface area contributed by atoms with E-state index < -0.39 is 14.6 Å². The summed E-state index contributed by atoms with van der Waals surface area (Å²) in [6.45, 7) is 2.45. The summed E-state index contributed by atoms with van der Waals surface area (Å²) in [4.78, 5) is 0. The lowest BCUT2D eigenvalue weighted by molar-refractivity contribution is -0.211. The largest absolute Gasteiger partial charge is 0.502 e. The molecule has 0 bridgehead atoms. The summed E-state index contributed by atoms with van der Waals surface area (Å²) in [5.74, 6) is -0.531. The second-order valence-corrected chi connectivity index (χ2v) is 9.24. The van der Waals surface area contributed by atoms with Gasteiger partial charge in [0, 0.05) is 46.8 Å². The highest BCUT2D eigenvalue weighted by atomic mass is 28.4. The Kier molecular flexibility index (Phi) is 7.94. The molecule has 0 spiro atoms. The van der Waals surface area contributed by atoms with E-state index in [1.54, 1.807) is 21.3 Å². The van der Waals surface area contributed by atoms with Crippen LogP contribution < -0.4 is 0 Å². The number of hydrogen-bond donors (Lipinski definition) is 0. The molecule has 2 rings (SSSR count). The van der Waals surface area contributed by atoms with Gasteiger partial charge in [0.05, 0.1) is 13.2 Å². The molecule has 2 atom stereocenters. The van der Waals surface area contributed by atoms with Crippen LogP contribution in [-0.4, -0.2) is 61.8 Å². The molecule has 0 radical (unpaired) electrons. The van der Waals surface area contributed by atoms with Crippen LogP contribution in [0.2, 0.25) is 6.04 Å². The van der Waals surface area contributed by atoms with Crippen LogP contribution in [0.5, 0.6) is 0 Å². The molecule has 6 nitrogen and oxygen atoms in total. The molecule has 2 unspecified atom stereocenters. The molecule has 0 amide bonds. The van der Waals surface area contributed by atoms with E-state index in [4.69, 9.17) is 27.5 Å². The molecule has 23 heavy (non-hydrogen) atoms. The topological polar surface area (TPSA) is 58.7 Å². The van der Waals surface area contributed by atoms with Crippen molar-refractivity contribution < 1.29 is 27.5 Å². The molecule has 0 N–H and O–H groups in total. The van der Waals surface area contributed by atoms with Crippen molar-refractivity contribution in [3.63, 3.8) is 0 Å². The molecule has 2 aliphatic rings. The molecular weight excluding hydrogens is 316 g/mol. The van der Waals surface area contributed by atoms with Gasteiger partial charge in [0.1, 0.15) is 6.10 Å². The predicted octanol–water partition coefficient (Wildman–Crippen LogP) is 2.74. The molecule has 7 heteroatoms. The van der Waals surface area contributed by atoms with Gasteiger partial charge in [-0.3, -0.25) is 0 Å². The molecule has 136 valence electrons. The van der Waals surface area contributed by atoms with Gasteiger partial charge < -0.3 is 27.5 Å². The molecule has 0 aliphatic carbocycles. The third-order valence-electron chi connectivity index (χ3n) is 4.68. The highest BCUT2D eigenvalue weighted by Crippen LogP contribution is 2.38. The van der Waals surface area contributed by atoms with E-state index in [0.29, 0.717) is 6.10 Å². The van der Waals surface area contributed by atoms with Crippen molar-refractivity contribution in [1.82, 2.24) is 0 Å². The van der Waals surface area contributed by atoms with Crippen LogP contribution >= 0.6 is 0 Å². The SMILES string of the molecule is COC1(CCCCCCOCC2CO2)CCC[Si](OC)(OC)O1. The van der Waals surface area contributed by atoms with Crippen molar-refractivity contribution in [3.8, 4) is 0 Å². The number of hydrogen-bond acceptors (Lipinski definition) is 6. The van der Waals surface area contributed by atoms with Gasteiger partial charge in [0.2, 0.25) is 0 Å². The molecular formula is C16H32O6Si. The Morgan fingerprint density at radius 2 is 1.83 bits per heavy atom. The number of rotatable bonds is 12. The fraction of sp³-hybridized carbons (Fsp3) is 1.00. The zero-order chi connectivity index (χ0) is 16.6. The number of unbranched alkanes of at least 4 members (excludes halogenated alkanes) is 3. The van der Waals surface area contributed by atoms with Crippen molar-refractivity contribution in [3.05, 3.63) is 0 Å². The highest BCUT2D eigenvalue weighted by molar-refractivity contribution is 6.60. The van der Waals surface area contributed by atoms with Gasteiger partial charge >= 0.3 is 8.80 Å². The van der Waals surface area contributed by atoms with Gasteiger partial charge in [-0.05, 0) is 19.3 Å². The van der Waals surface area contributed by atoms with Crippen LogP contribution in [0.3, 0.4) is 0 Å². The first-order chi connectivity index (χ1) is 11.2. The van der Waals surface area contributed by atoms with E-state index in [0.717, 1.165) is 64.4 Å². The van der Waals surface area contributed by atoms with Crippen molar-refractivity contribution in [2.75, 3.05) is 41.2 Å². The van der Waals surface area contributed by atoms with E-state index in [-0.39, 0.29) is 0 Å². The summed E-state index contributed by atoms with van der Waals surface area (Å²) in [7, 11) is 2.54. The average Bonchev–Trinajstić information content (AvgIpc) is 3.41. The molecule has 2 aliphatic heterocycles. The fourth-order valence-corrected chi connectivity index (χ4v) is 5.39. The van der Waals surface area contributed by atoms with Gasteiger partial charge in [-0.2, -0.15) is 0 Å². The van der Waals surface area contributed by atoms with Crippen LogP contribution in [0.15, 0.2) is 0 Å². The van der Waals surface area contributed by atoms with Crippen LogP contribution in [0.1, 0.15) is 44.9 Å². The van der Waals surface area contributed by atoms with E-state index in [1.165, 1.54) is 6.42 Å². The lowest BCUT2D eigenvalue weighted by Gasteiger charge is -2.43. The van der Waals surface area contributed by atoms with Gasteiger partial charge in [0.15, 0.2) is 5.79 Å². The smallest absolute Gasteiger partial charge is 0.379 e. The van der Waals surface area contributed by atoms with E-state index in [9.17, 15) is 0 Å². The van der Waals surface area contributed by atoms with Crippen molar-refractivity contribution >= 4 is 8.80 Å². The van der Waals surface area contributed by atoms with Gasteiger partial charge in [-0.1, -0.05) is 12.8 Å². The third kappa shape index (κ3) is 6.08. The monoisotopic (exact) mass is 348 g/mol. The predicted molar refractivity (Wildman–Crippen MR) is 88.3 cm³/mol. The third-order valence-corrected chi connectivity index (χ3v) is 7.57. The molecule has 2 heterocycles. The van der Waals surface area contributed by atoms with Gasteiger partial charge in [0.25, 0.3) is 0 Å². The summed E-state index contributed by atoms with van der Waals surface area (Å²) in [6.07, 6.45) is 7.70. The Morgan fingerprint density at radius 3 is 2.48 bits per heavy atom. The van der Waals surface area contributed by atoms with Crippen LogP contribution in [0, 0.1) is 0 Å². The lowest BCUT2D eigenvalue weighted by Crippen LogP contribution is -2.56. The Bertz CT molecular complexity index is 335. The van der Waals surface area contributed by atoms with E-state index in [2.05, 4.69) is 0 Å². The highest BCUT2D eigenvalue weighted by Gasteiger charge is 2.51. The Hall–Kier alpha value is -0.0231. The molecule has 0 aromatic heterocycles. The minimum absolute atomic E-state index is 0.367. The number of ether oxygens (including phenoxy) is 3. The summed E-state index contributed by atoms with van der Waals surface area (Å²) >= 11 is 0. The van der Waals surface area contributed by atoms with Crippen LogP contribution in [-0.2, 0) is 27.5 Å². The molecule has 0 saturated carbocycles. The Balaban J connectivity index is 1.61. The maximum absolute atomic E-state index is 6.22. The number of epoxide rings is 1. The first-order valence-corrected chi connectivity index (χ1v) is 10.7. The average molecular weight is 349 g/mol. The zero-order valence-electron chi connectivity index (χ0n) is 14.8. The quantitative estimate of drug-likeness (QED) is 0.307. The van der Waals surface area contributed by atoms with Crippen LogP contribution in [0.25, 0.3) is 0 Å².